The summed E-state index contributed by atoms with van der Waals surface area (Å²) < 4.78 is 5.66. The van der Waals surface area contributed by atoms with E-state index < -0.39 is 0 Å². The molecule has 0 aromatic heterocycles. The van der Waals surface area contributed by atoms with E-state index in [9.17, 15) is 0 Å². The molecule has 3 unspecified atom stereocenters. The first-order valence-electron chi connectivity index (χ1n) is 6.44. The van der Waals surface area contributed by atoms with E-state index in [0.29, 0.717) is 24.2 Å². The highest BCUT2D eigenvalue weighted by Crippen LogP contribution is 2.26. The topological polar surface area (TPSA) is 47.3 Å². The molecule has 15 heavy (non-hydrogen) atoms. The molecule has 3 atom stereocenters. The van der Waals surface area contributed by atoms with Crippen molar-refractivity contribution in [2.75, 3.05) is 6.61 Å². The fourth-order valence-electron chi connectivity index (χ4n) is 2.80. The van der Waals surface area contributed by atoms with Crippen molar-refractivity contribution < 1.29 is 4.74 Å². The molecule has 2 saturated carbocycles. The lowest BCUT2D eigenvalue weighted by atomic mass is 9.82. The third kappa shape index (κ3) is 2.71. The Hall–Kier alpha value is -0.120. The van der Waals surface area contributed by atoms with Crippen LogP contribution in [-0.4, -0.2) is 30.8 Å². The van der Waals surface area contributed by atoms with Crippen molar-refractivity contribution in [2.45, 2.75) is 69.7 Å². The molecule has 0 radical (unpaired) electrons. The zero-order valence-electron chi connectivity index (χ0n) is 9.74. The molecule has 0 aromatic rings. The molecule has 2 fully saturated rings. The molecule has 2 rings (SSSR count). The quantitative estimate of drug-likeness (QED) is 0.741. The zero-order valence-corrected chi connectivity index (χ0v) is 9.74. The fraction of sp³-hybridized carbons (Fsp3) is 1.00. The van der Waals surface area contributed by atoms with Crippen LogP contribution in [0.15, 0.2) is 0 Å². The molecule has 88 valence electrons. The van der Waals surface area contributed by atoms with Gasteiger partial charge in [-0.1, -0.05) is 19.3 Å². The van der Waals surface area contributed by atoms with Crippen LogP contribution in [0.3, 0.4) is 0 Å². The maximum absolute atomic E-state index is 6.02. The smallest absolute Gasteiger partial charge is 0.0758 e. The third-order valence-corrected chi connectivity index (χ3v) is 3.78. The van der Waals surface area contributed by atoms with E-state index in [4.69, 9.17) is 10.5 Å². The van der Waals surface area contributed by atoms with Crippen molar-refractivity contribution >= 4 is 0 Å². The zero-order chi connectivity index (χ0) is 10.7. The molecule has 3 nitrogen and oxygen atoms in total. The van der Waals surface area contributed by atoms with Crippen LogP contribution in [0.2, 0.25) is 0 Å². The first-order valence-corrected chi connectivity index (χ1v) is 6.44. The van der Waals surface area contributed by atoms with Gasteiger partial charge in [-0.05, 0) is 26.2 Å². The predicted octanol–water partition coefficient (Wildman–Crippen LogP) is 1.41. The fourth-order valence-corrected chi connectivity index (χ4v) is 2.80. The van der Waals surface area contributed by atoms with Gasteiger partial charge in [-0.15, -0.1) is 0 Å². The largest absolute Gasteiger partial charge is 0.377 e. The van der Waals surface area contributed by atoms with Gasteiger partial charge >= 0.3 is 0 Å². The second-order valence-corrected chi connectivity index (χ2v) is 4.92. The minimum atomic E-state index is 0.309. The van der Waals surface area contributed by atoms with Crippen molar-refractivity contribution in [3.8, 4) is 0 Å². The number of ether oxygens (including phenoxy) is 1. The van der Waals surface area contributed by atoms with Gasteiger partial charge in [0, 0.05) is 24.7 Å². The van der Waals surface area contributed by atoms with Gasteiger partial charge in [0.1, 0.15) is 0 Å². The van der Waals surface area contributed by atoms with Crippen LogP contribution in [0.25, 0.3) is 0 Å². The van der Waals surface area contributed by atoms with Crippen LogP contribution in [0.1, 0.15) is 45.4 Å². The maximum atomic E-state index is 6.02. The Morgan fingerprint density at radius 3 is 2.60 bits per heavy atom. The Balaban J connectivity index is 1.76. The summed E-state index contributed by atoms with van der Waals surface area (Å²) in [6.07, 6.45) is 8.19. The van der Waals surface area contributed by atoms with Gasteiger partial charge in [-0.3, -0.25) is 0 Å². The van der Waals surface area contributed by atoms with E-state index in [-0.39, 0.29) is 0 Å². The van der Waals surface area contributed by atoms with Crippen molar-refractivity contribution in [1.82, 2.24) is 5.32 Å². The lowest BCUT2D eigenvalue weighted by molar-refractivity contribution is -0.0370. The first kappa shape index (κ1) is 11.4. The monoisotopic (exact) mass is 212 g/mol. The molecule has 0 saturated heterocycles. The second kappa shape index (κ2) is 5.28. The molecular weight excluding hydrogens is 188 g/mol. The minimum absolute atomic E-state index is 0.309. The SMILES string of the molecule is CCOC1CC(N)C1NC1CCCCC1. The van der Waals surface area contributed by atoms with Crippen molar-refractivity contribution in [3.05, 3.63) is 0 Å². The highest BCUT2D eigenvalue weighted by molar-refractivity contribution is 5.00. The number of nitrogens with two attached hydrogens (primary N) is 1. The van der Waals surface area contributed by atoms with E-state index in [2.05, 4.69) is 12.2 Å². The molecule has 3 heteroatoms. The Bertz CT molecular complexity index is 190. The van der Waals surface area contributed by atoms with Gasteiger partial charge in [0.2, 0.25) is 0 Å². The molecule has 0 heterocycles. The Labute approximate surface area is 92.7 Å². The maximum Gasteiger partial charge on any atom is 0.0758 e. The van der Waals surface area contributed by atoms with E-state index in [1.165, 1.54) is 32.1 Å². The summed E-state index contributed by atoms with van der Waals surface area (Å²) in [7, 11) is 0. The van der Waals surface area contributed by atoms with Crippen LogP contribution in [0, 0.1) is 0 Å². The van der Waals surface area contributed by atoms with Crippen LogP contribution in [0.4, 0.5) is 0 Å². The summed E-state index contributed by atoms with van der Waals surface area (Å²) in [6.45, 7) is 2.86. The van der Waals surface area contributed by atoms with Crippen LogP contribution in [0.5, 0.6) is 0 Å². The molecule has 3 N–H and O–H groups in total. The number of hydrogen-bond acceptors (Lipinski definition) is 3. The lowest BCUT2D eigenvalue weighted by Gasteiger charge is -2.45. The Morgan fingerprint density at radius 2 is 2.00 bits per heavy atom. The first-order chi connectivity index (χ1) is 7.31. The van der Waals surface area contributed by atoms with E-state index in [0.717, 1.165) is 13.0 Å². The van der Waals surface area contributed by atoms with Gasteiger partial charge in [-0.2, -0.15) is 0 Å². The summed E-state index contributed by atoms with van der Waals surface area (Å²) in [5.41, 5.74) is 6.02. The standard InChI is InChI=1S/C12H24N2O/c1-2-15-11-8-10(13)12(11)14-9-6-4-3-5-7-9/h9-12,14H,2-8,13H2,1H3. The van der Waals surface area contributed by atoms with Gasteiger partial charge < -0.3 is 15.8 Å². The third-order valence-electron chi connectivity index (χ3n) is 3.78. The molecule has 2 aliphatic rings. The summed E-state index contributed by atoms with van der Waals surface area (Å²) in [5, 5.41) is 3.69. The average Bonchev–Trinajstić information content (AvgIpc) is 2.27. The summed E-state index contributed by atoms with van der Waals surface area (Å²) in [5.74, 6) is 0. The van der Waals surface area contributed by atoms with Crippen LogP contribution >= 0.6 is 0 Å². The van der Waals surface area contributed by atoms with Crippen molar-refractivity contribution in [2.24, 2.45) is 5.73 Å². The number of rotatable bonds is 4. The van der Waals surface area contributed by atoms with Gasteiger partial charge in [0.05, 0.1) is 6.10 Å². The number of hydrogen-bond donors (Lipinski definition) is 2. The highest BCUT2D eigenvalue weighted by atomic mass is 16.5. The summed E-state index contributed by atoms with van der Waals surface area (Å²) >= 11 is 0. The van der Waals surface area contributed by atoms with Gasteiger partial charge in [-0.25, -0.2) is 0 Å². The van der Waals surface area contributed by atoms with E-state index in [1.54, 1.807) is 0 Å². The van der Waals surface area contributed by atoms with Crippen LogP contribution < -0.4 is 11.1 Å². The average molecular weight is 212 g/mol. The molecule has 0 amide bonds. The highest BCUT2D eigenvalue weighted by Gasteiger charge is 2.40. The van der Waals surface area contributed by atoms with Crippen molar-refractivity contribution in [1.29, 1.82) is 0 Å². The van der Waals surface area contributed by atoms with Crippen LogP contribution in [-0.2, 0) is 4.74 Å². The second-order valence-electron chi connectivity index (χ2n) is 4.92. The minimum Gasteiger partial charge on any atom is -0.377 e. The molecular formula is C12H24N2O. The summed E-state index contributed by atoms with van der Waals surface area (Å²) in [6, 6.07) is 1.41. The normalized spacial score (nSPS) is 37.6. The Kier molecular flexibility index (Phi) is 4.00. The molecule has 0 aliphatic heterocycles. The molecule has 0 bridgehead atoms. The predicted molar refractivity (Wildman–Crippen MR) is 61.8 cm³/mol. The van der Waals surface area contributed by atoms with E-state index in [1.807, 2.05) is 0 Å². The van der Waals surface area contributed by atoms with Crippen molar-refractivity contribution in [3.63, 3.8) is 0 Å². The number of nitrogens with one attached hydrogen (secondary N) is 1. The Morgan fingerprint density at radius 1 is 1.27 bits per heavy atom. The summed E-state index contributed by atoms with van der Waals surface area (Å²) in [4.78, 5) is 0. The molecule has 0 spiro atoms. The molecule has 0 aromatic carbocycles. The molecule has 2 aliphatic carbocycles. The van der Waals surface area contributed by atoms with Gasteiger partial charge in [0.15, 0.2) is 0 Å². The van der Waals surface area contributed by atoms with E-state index >= 15 is 0 Å². The lowest BCUT2D eigenvalue weighted by Crippen LogP contribution is -2.65. The van der Waals surface area contributed by atoms with Gasteiger partial charge in [0.25, 0.3) is 0 Å².